The smallest absolute Gasteiger partial charge is 0.184 e. The van der Waals surface area contributed by atoms with Gasteiger partial charge in [-0.05, 0) is 31.3 Å². The molecular weight excluding hydrogens is 254 g/mol. The number of aromatic carboxylic acids is 1. The molecule has 0 saturated heterocycles. The lowest BCUT2D eigenvalue weighted by molar-refractivity contribution is -0.255. The lowest BCUT2D eigenvalue weighted by atomic mass is 10.2. The average Bonchev–Trinajstić information content (AvgIpc) is 2.34. The third-order valence-electron chi connectivity index (χ3n) is 1.90. The van der Waals surface area contributed by atoms with Crippen LogP contribution in [0, 0.1) is 0 Å². The minimum atomic E-state index is -1.29. The number of carboxylic acids is 1. The molecule has 0 amide bonds. The molecular formula is C11H12N3O3S-. The second-order valence-electron chi connectivity index (χ2n) is 3.40. The van der Waals surface area contributed by atoms with Crippen molar-refractivity contribution >= 4 is 29.0 Å². The van der Waals surface area contributed by atoms with Crippen LogP contribution in [-0.4, -0.2) is 23.4 Å². The number of para-hydroxylation sites is 1. The van der Waals surface area contributed by atoms with Gasteiger partial charge in [0, 0.05) is 5.56 Å². The van der Waals surface area contributed by atoms with E-state index >= 15 is 0 Å². The van der Waals surface area contributed by atoms with Crippen molar-refractivity contribution in [3.8, 4) is 5.75 Å². The summed E-state index contributed by atoms with van der Waals surface area (Å²) < 4.78 is 5.32. The molecule has 0 aliphatic carbocycles. The average molecular weight is 266 g/mol. The quantitative estimate of drug-likeness (QED) is 0.429. The molecule has 7 heteroatoms. The lowest BCUT2D eigenvalue weighted by Gasteiger charge is -2.11. The third-order valence-corrected chi connectivity index (χ3v) is 1.99. The maximum absolute atomic E-state index is 10.8. The lowest BCUT2D eigenvalue weighted by Crippen LogP contribution is -2.26. The van der Waals surface area contributed by atoms with Crippen LogP contribution in [0.4, 0.5) is 0 Å². The van der Waals surface area contributed by atoms with Gasteiger partial charge in [-0.2, -0.15) is 5.10 Å². The molecule has 0 aliphatic rings. The van der Waals surface area contributed by atoms with Crippen molar-refractivity contribution < 1.29 is 14.6 Å². The Morgan fingerprint density at radius 1 is 1.56 bits per heavy atom. The fourth-order valence-electron chi connectivity index (χ4n) is 1.13. The first-order valence-electron chi connectivity index (χ1n) is 5.02. The number of carboxylic acid groups (broad SMARTS) is 1. The highest BCUT2D eigenvalue weighted by Gasteiger charge is 2.04. The largest absolute Gasteiger partial charge is 0.545 e. The van der Waals surface area contributed by atoms with E-state index in [1.807, 2.05) is 0 Å². The van der Waals surface area contributed by atoms with Gasteiger partial charge in [0.05, 0.1) is 11.7 Å². The van der Waals surface area contributed by atoms with Crippen LogP contribution in [0.1, 0.15) is 17.3 Å². The topological polar surface area (TPSA) is 99.8 Å². The standard InChI is InChI=1S/C11H13N3O3S/c1-7(13-14-11(12)18)6-17-9-5-3-2-4-8(9)10(15)16/h2-5H,6H2,1H3,(H,15,16)(H3,12,14,18)/p-1/b13-7-. The summed E-state index contributed by atoms with van der Waals surface area (Å²) in [5, 5.41) is 14.7. The molecule has 0 spiro atoms. The van der Waals surface area contributed by atoms with Crippen LogP contribution in [0.3, 0.4) is 0 Å². The second-order valence-corrected chi connectivity index (χ2v) is 3.84. The van der Waals surface area contributed by atoms with Gasteiger partial charge in [-0.1, -0.05) is 12.1 Å². The number of hydrazone groups is 1. The Labute approximate surface area is 109 Å². The van der Waals surface area contributed by atoms with Gasteiger partial charge >= 0.3 is 0 Å². The summed E-state index contributed by atoms with van der Waals surface area (Å²) in [6.45, 7) is 1.80. The Kier molecular flexibility index (Phi) is 5.06. The van der Waals surface area contributed by atoms with E-state index in [4.69, 9.17) is 10.5 Å². The van der Waals surface area contributed by atoms with Crippen LogP contribution in [0.25, 0.3) is 0 Å². The van der Waals surface area contributed by atoms with Gasteiger partial charge in [0.2, 0.25) is 0 Å². The number of rotatable bonds is 5. The number of benzene rings is 1. The van der Waals surface area contributed by atoms with Gasteiger partial charge in [0.15, 0.2) is 5.11 Å². The molecule has 0 atom stereocenters. The normalized spacial score (nSPS) is 10.8. The summed E-state index contributed by atoms with van der Waals surface area (Å²) in [5.74, 6) is -1.07. The van der Waals surface area contributed by atoms with E-state index in [0.717, 1.165) is 0 Å². The maximum Gasteiger partial charge on any atom is 0.184 e. The number of nitrogens with one attached hydrogen (secondary N) is 1. The number of carbonyl (C=O) groups is 1. The summed E-state index contributed by atoms with van der Waals surface area (Å²) in [6.07, 6.45) is 0. The Morgan fingerprint density at radius 2 is 2.22 bits per heavy atom. The molecule has 1 aromatic carbocycles. The molecule has 0 heterocycles. The first kappa shape index (κ1) is 13.9. The molecule has 0 unspecified atom stereocenters. The molecule has 3 N–H and O–H groups in total. The summed E-state index contributed by atoms with van der Waals surface area (Å²) >= 11 is 4.58. The van der Waals surface area contributed by atoms with Crippen LogP contribution in [0.5, 0.6) is 5.75 Å². The fourth-order valence-corrected chi connectivity index (χ4v) is 1.17. The molecule has 0 aromatic heterocycles. The Balaban J connectivity index is 2.66. The van der Waals surface area contributed by atoms with E-state index in [1.165, 1.54) is 6.07 Å². The number of hydrogen-bond acceptors (Lipinski definition) is 5. The van der Waals surface area contributed by atoms with E-state index in [-0.39, 0.29) is 23.0 Å². The van der Waals surface area contributed by atoms with Gasteiger partial charge in [0.1, 0.15) is 12.4 Å². The van der Waals surface area contributed by atoms with Crippen molar-refractivity contribution in [2.24, 2.45) is 10.8 Å². The molecule has 0 radical (unpaired) electrons. The molecule has 96 valence electrons. The highest BCUT2D eigenvalue weighted by atomic mass is 32.1. The van der Waals surface area contributed by atoms with Crippen molar-refractivity contribution in [3.63, 3.8) is 0 Å². The molecule has 0 saturated carbocycles. The maximum atomic E-state index is 10.8. The van der Waals surface area contributed by atoms with E-state index < -0.39 is 5.97 Å². The minimum absolute atomic E-state index is 0.00685. The first-order valence-corrected chi connectivity index (χ1v) is 5.43. The van der Waals surface area contributed by atoms with E-state index in [9.17, 15) is 9.90 Å². The zero-order valence-electron chi connectivity index (χ0n) is 9.67. The number of nitrogens with two attached hydrogens (primary N) is 1. The number of thiocarbonyl (C=S) groups is 1. The minimum Gasteiger partial charge on any atom is -0.545 e. The molecule has 18 heavy (non-hydrogen) atoms. The first-order chi connectivity index (χ1) is 8.50. The predicted molar refractivity (Wildman–Crippen MR) is 69.3 cm³/mol. The van der Waals surface area contributed by atoms with Crippen LogP contribution in [0.15, 0.2) is 29.4 Å². The SMILES string of the molecule is C/C(COc1ccccc1C(=O)[O-])=N/NC(N)=S. The number of ether oxygens (including phenoxy) is 1. The fraction of sp³-hybridized carbons (Fsp3) is 0.182. The molecule has 0 bridgehead atoms. The van der Waals surface area contributed by atoms with Crippen LogP contribution in [-0.2, 0) is 0 Å². The highest BCUT2D eigenvalue weighted by molar-refractivity contribution is 7.80. The van der Waals surface area contributed by atoms with Crippen molar-refractivity contribution in [3.05, 3.63) is 29.8 Å². The second kappa shape index (κ2) is 6.55. The summed E-state index contributed by atoms with van der Waals surface area (Å²) in [7, 11) is 0. The highest BCUT2D eigenvalue weighted by Crippen LogP contribution is 2.16. The van der Waals surface area contributed by atoms with E-state index in [2.05, 4.69) is 22.7 Å². The number of nitrogens with zero attached hydrogens (tertiary/aromatic N) is 1. The zero-order valence-corrected chi connectivity index (χ0v) is 10.5. The van der Waals surface area contributed by atoms with Crippen LogP contribution in [0.2, 0.25) is 0 Å². The van der Waals surface area contributed by atoms with E-state index in [0.29, 0.717) is 5.71 Å². The van der Waals surface area contributed by atoms with Crippen LogP contribution < -0.4 is 21.0 Å². The van der Waals surface area contributed by atoms with Gasteiger partial charge in [-0.25, -0.2) is 0 Å². The van der Waals surface area contributed by atoms with Crippen molar-refractivity contribution in [1.29, 1.82) is 0 Å². The number of carbonyl (C=O) groups excluding carboxylic acids is 1. The number of hydrogen-bond donors (Lipinski definition) is 2. The van der Waals surface area contributed by atoms with Crippen molar-refractivity contribution in [2.45, 2.75) is 6.92 Å². The van der Waals surface area contributed by atoms with Gasteiger partial charge in [-0.15, -0.1) is 0 Å². The molecule has 0 aliphatic heterocycles. The van der Waals surface area contributed by atoms with Crippen LogP contribution >= 0.6 is 12.2 Å². The summed E-state index contributed by atoms with van der Waals surface area (Å²) in [5.41, 5.74) is 8.16. The van der Waals surface area contributed by atoms with Crippen molar-refractivity contribution in [2.75, 3.05) is 6.61 Å². The molecule has 6 nitrogen and oxygen atoms in total. The van der Waals surface area contributed by atoms with Gasteiger partial charge in [0.25, 0.3) is 0 Å². The third kappa shape index (κ3) is 4.38. The van der Waals surface area contributed by atoms with Gasteiger partial charge in [-0.3, -0.25) is 5.43 Å². The van der Waals surface area contributed by atoms with Gasteiger partial charge < -0.3 is 20.4 Å². The van der Waals surface area contributed by atoms with Crippen molar-refractivity contribution in [1.82, 2.24) is 5.43 Å². The summed E-state index contributed by atoms with van der Waals surface area (Å²) in [6, 6.07) is 6.21. The predicted octanol–water partition coefficient (Wildman–Crippen LogP) is -0.362. The summed E-state index contributed by atoms with van der Waals surface area (Å²) in [4.78, 5) is 10.8. The zero-order chi connectivity index (χ0) is 13.5. The Morgan fingerprint density at radius 3 is 2.83 bits per heavy atom. The molecule has 1 rings (SSSR count). The molecule has 1 aromatic rings. The molecule has 0 fully saturated rings. The Hall–Kier alpha value is -2.15. The Bertz CT molecular complexity index is 488. The van der Waals surface area contributed by atoms with E-state index in [1.54, 1.807) is 25.1 Å². The monoisotopic (exact) mass is 266 g/mol.